The van der Waals surface area contributed by atoms with Crippen molar-refractivity contribution in [2.45, 2.75) is 13.5 Å². The van der Waals surface area contributed by atoms with Gasteiger partial charge < -0.3 is 15.2 Å². The largest absolute Gasteiger partial charge is 0.355 e. The van der Waals surface area contributed by atoms with Gasteiger partial charge in [-0.3, -0.25) is 4.99 Å². The first kappa shape index (κ1) is 19.1. The van der Waals surface area contributed by atoms with Crippen LogP contribution in [0.2, 0.25) is 10.2 Å². The second-order valence-corrected chi connectivity index (χ2v) is 7.34. The summed E-state index contributed by atoms with van der Waals surface area (Å²) in [4.78, 5) is 4.06. The van der Waals surface area contributed by atoms with Crippen LogP contribution in [0.15, 0.2) is 11.1 Å². The minimum Gasteiger partial charge on any atom is -0.355 e. The number of hydrogen-bond donors (Lipinski definition) is 3. The highest BCUT2D eigenvalue weighted by Crippen LogP contribution is 2.24. The summed E-state index contributed by atoms with van der Waals surface area (Å²) in [6.07, 6.45) is 0. The van der Waals surface area contributed by atoms with E-state index >= 15 is 0 Å². The van der Waals surface area contributed by atoms with Crippen LogP contribution in [-0.2, 0) is 23.6 Å². The highest BCUT2D eigenvalue weighted by molar-refractivity contribution is 7.89. The fraction of sp³-hybridized carbons (Fsp3) is 0.583. The topological polar surface area (TPSA) is 87.5 Å². The van der Waals surface area contributed by atoms with Crippen molar-refractivity contribution in [1.29, 1.82) is 0 Å². The maximum Gasteiger partial charge on any atom is 0.211 e. The van der Waals surface area contributed by atoms with Crippen molar-refractivity contribution in [3.8, 4) is 0 Å². The Morgan fingerprint density at radius 1 is 1.32 bits per heavy atom. The third-order valence-corrected chi connectivity index (χ3v) is 5.24. The van der Waals surface area contributed by atoms with E-state index in [2.05, 4.69) is 20.3 Å². The molecule has 0 aliphatic carbocycles. The summed E-state index contributed by atoms with van der Waals surface area (Å²) >= 11 is 11.9. The highest BCUT2D eigenvalue weighted by atomic mass is 35.5. The highest BCUT2D eigenvalue weighted by Gasteiger charge is 2.09. The number of guanidine groups is 1. The first-order valence-corrected chi connectivity index (χ1v) is 9.13. The van der Waals surface area contributed by atoms with Crippen LogP contribution in [0.1, 0.15) is 12.6 Å². The summed E-state index contributed by atoms with van der Waals surface area (Å²) in [5.41, 5.74) is 0.907. The summed E-state index contributed by atoms with van der Waals surface area (Å²) in [5, 5.41) is 7.10. The number of nitrogens with zero attached hydrogens (tertiary/aromatic N) is 2. The van der Waals surface area contributed by atoms with Gasteiger partial charge in [-0.25, -0.2) is 13.1 Å². The van der Waals surface area contributed by atoms with E-state index in [4.69, 9.17) is 23.2 Å². The average molecular weight is 370 g/mol. The zero-order valence-corrected chi connectivity index (χ0v) is 15.1. The molecule has 0 amide bonds. The van der Waals surface area contributed by atoms with Gasteiger partial charge in [0.1, 0.15) is 5.15 Å². The summed E-state index contributed by atoms with van der Waals surface area (Å²) in [5.74, 6) is 0.624. The molecule has 0 atom stereocenters. The standard InChI is InChI=1S/C12H21Cl2N5O2S/c1-4-22(20,21)18-6-5-16-12(15-2)17-8-9-7-10(13)11(14)19(9)3/h7,18H,4-6,8H2,1-3H3,(H2,15,16,17). The van der Waals surface area contributed by atoms with Gasteiger partial charge in [-0.1, -0.05) is 23.2 Å². The molecule has 0 saturated heterocycles. The van der Waals surface area contributed by atoms with Crippen LogP contribution < -0.4 is 15.4 Å². The first-order chi connectivity index (χ1) is 10.3. The maximum absolute atomic E-state index is 11.3. The molecule has 126 valence electrons. The number of sulfonamides is 1. The van der Waals surface area contributed by atoms with Gasteiger partial charge in [0, 0.05) is 32.9 Å². The predicted octanol–water partition coefficient (Wildman–Crippen LogP) is 0.936. The van der Waals surface area contributed by atoms with E-state index in [1.165, 1.54) is 0 Å². The Labute approximate surface area is 141 Å². The Morgan fingerprint density at radius 3 is 2.50 bits per heavy atom. The van der Waals surface area contributed by atoms with Gasteiger partial charge in [0.05, 0.1) is 17.3 Å². The van der Waals surface area contributed by atoms with Crippen LogP contribution in [0.3, 0.4) is 0 Å². The summed E-state index contributed by atoms with van der Waals surface area (Å²) < 4.78 is 26.8. The van der Waals surface area contributed by atoms with Gasteiger partial charge in [-0.2, -0.15) is 0 Å². The van der Waals surface area contributed by atoms with Crippen molar-refractivity contribution in [3.63, 3.8) is 0 Å². The van der Waals surface area contributed by atoms with Crippen molar-refractivity contribution >= 4 is 39.2 Å². The van der Waals surface area contributed by atoms with Gasteiger partial charge in [0.2, 0.25) is 10.0 Å². The lowest BCUT2D eigenvalue weighted by Gasteiger charge is -2.12. The molecule has 3 N–H and O–H groups in total. The lowest BCUT2D eigenvalue weighted by Crippen LogP contribution is -2.41. The number of aliphatic imine (C=N–C) groups is 1. The van der Waals surface area contributed by atoms with Crippen molar-refractivity contribution in [2.24, 2.45) is 12.0 Å². The molecule has 0 fully saturated rings. The van der Waals surface area contributed by atoms with Gasteiger partial charge in [0.15, 0.2) is 5.96 Å². The molecule has 0 spiro atoms. The monoisotopic (exact) mass is 369 g/mol. The third-order valence-electron chi connectivity index (χ3n) is 3.00. The van der Waals surface area contributed by atoms with Crippen molar-refractivity contribution in [2.75, 3.05) is 25.9 Å². The smallest absolute Gasteiger partial charge is 0.211 e. The SMILES string of the molecule is CCS(=O)(=O)NCCNC(=NC)NCc1cc(Cl)c(Cl)n1C. The molecule has 0 saturated carbocycles. The Kier molecular flexibility index (Phi) is 7.47. The molecule has 0 aliphatic heterocycles. The van der Waals surface area contributed by atoms with Gasteiger partial charge in [-0.05, 0) is 13.0 Å². The summed E-state index contributed by atoms with van der Waals surface area (Å²) in [6.45, 7) is 2.79. The first-order valence-electron chi connectivity index (χ1n) is 6.72. The van der Waals surface area contributed by atoms with Crippen LogP contribution in [-0.4, -0.2) is 44.8 Å². The van der Waals surface area contributed by atoms with Gasteiger partial charge in [0.25, 0.3) is 0 Å². The number of rotatable bonds is 7. The molecule has 1 aromatic rings. The van der Waals surface area contributed by atoms with E-state index in [0.29, 0.717) is 35.8 Å². The van der Waals surface area contributed by atoms with Gasteiger partial charge >= 0.3 is 0 Å². The Bertz CT molecular complexity index is 628. The fourth-order valence-electron chi connectivity index (χ4n) is 1.64. The van der Waals surface area contributed by atoms with Crippen molar-refractivity contribution in [1.82, 2.24) is 19.9 Å². The van der Waals surface area contributed by atoms with Crippen LogP contribution in [0.4, 0.5) is 0 Å². The Hall–Kier alpha value is -0.960. The van der Waals surface area contributed by atoms with Crippen LogP contribution in [0, 0.1) is 0 Å². The molecule has 0 bridgehead atoms. The fourth-order valence-corrected chi connectivity index (χ4v) is 2.68. The molecular weight excluding hydrogens is 349 g/mol. The van der Waals surface area contributed by atoms with E-state index in [1.807, 2.05) is 7.05 Å². The number of nitrogens with one attached hydrogen (secondary N) is 3. The molecule has 0 radical (unpaired) electrons. The quantitative estimate of drug-likeness (QED) is 0.379. The van der Waals surface area contributed by atoms with Crippen LogP contribution in [0.5, 0.6) is 0 Å². The van der Waals surface area contributed by atoms with Gasteiger partial charge in [-0.15, -0.1) is 0 Å². The minimum atomic E-state index is -3.17. The van der Waals surface area contributed by atoms with Crippen LogP contribution in [0.25, 0.3) is 0 Å². The van der Waals surface area contributed by atoms with E-state index in [-0.39, 0.29) is 5.75 Å². The summed E-state index contributed by atoms with van der Waals surface area (Å²) in [6, 6.07) is 1.78. The Balaban J connectivity index is 2.42. The number of halogens is 2. The lowest BCUT2D eigenvalue weighted by atomic mass is 10.4. The predicted molar refractivity (Wildman–Crippen MR) is 91.1 cm³/mol. The number of aromatic nitrogens is 1. The molecule has 7 nitrogen and oxygen atoms in total. The Morgan fingerprint density at radius 2 is 2.00 bits per heavy atom. The third kappa shape index (κ3) is 5.68. The zero-order valence-electron chi connectivity index (χ0n) is 12.8. The molecule has 1 heterocycles. The molecule has 10 heteroatoms. The van der Waals surface area contributed by atoms with Crippen LogP contribution >= 0.6 is 23.2 Å². The van der Waals surface area contributed by atoms with Crippen molar-refractivity contribution < 1.29 is 8.42 Å². The molecule has 0 aromatic carbocycles. The molecule has 0 unspecified atom stereocenters. The second-order valence-electron chi connectivity index (χ2n) is 4.48. The molecule has 1 aromatic heterocycles. The van der Waals surface area contributed by atoms with E-state index in [0.717, 1.165) is 5.69 Å². The van der Waals surface area contributed by atoms with E-state index in [1.54, 1.807) is 24.6 Å². The van der Waals surface area contributed by atoms with E-state index in [9.17, 15) is 8.42 Å². The molecule has 0 aliphatic rings. The zero-order chi connectivity index (χ0) is 16.8. The summed E-state index contributed by atoms with van der Waals surface area (Å²) in [7, 11) is 0.286. The normalized spacial score (nSPS) is 12.5. The number of hydrogen-bond acceptors (Lipinski definition) is 3. The maximum atomic E-state index is 11.3. The molecule has 1 rings (SSSR count). The lowest BCUT2D eigenvalue weighted by molar-refractivity contribution is 0.581. The minimum absolute atomic E-state index is 0.0645. The van der Waals surface area contributed by atoms with E-state index < -0.39 is 10.0 Å². The van der Waals surface area contributed by atoms with Crippen molar-refractivity contribution in [3.05, 3.63) is 21.9 Å². The molecule has 22 heavy (non-hydrogen) atoms. The average Bonchev–Trinajstić information content (AvgIpc) is 2.74. The molecular formula is C12H21Cl2N5O2S. The second kappa shape index (κ2) is 8.61.